The Morgan fingerprint density at radius 1 is 1.28 bits per heavy atom. The highest BCUT2D eigenvalue weighted by Crippen LogP contribution is 2.39. The standard InChI is InChI=1S/C21H22BrN3O4/c1-2-3-6-9-25-17-11-16(15(22)10-18(17)29-12-19(25)26)24-21(28)14-8-5-4-7-13(14)20(23)27/h10-11H,4-9,12H2,1H3,(H2,23,27)(H,24,28). The highest BCUT2D eigenvalue weighted by Gasteiger charge is 2.28. The van der Waals surface area contributed by atoms with E-state index in [2.05, 4.69) is 33.1 Å². The number of ether oxygens (including phenoxy) is 1. The Morgan fingerprint density at radius 2 is 2.00 bits per heavy atom. The molecule has 1 aromatic carbocycles. The summed E-state index contributed by atoms with van der Waals surface area (Å²) in [5, 5.41) is 2.84. The lowest BCUT2D eigenvalue weighted by atomic mass is 9.90. The molecule has 0 aromatic heterocycles. The Bertz CT molecular complexity index is 959. The van der Waals surface area contributed by atoms with Crippen molar-refractivity contribution in [3.05, 3.63) is 27.8 Å². The molecule has 3 N–H and O–H groups in total. The number of halogens is 1. The molecule has 8 heteroatoms. The SMILES string of the molecule is CC#CCCN1C(=O)COc2cc(Br)c(NC(=O)C3=C(C(N)=O)CCCC3)cc21. The fourth-order valence-electron chi connectivity index (χ4n) is 3.48. The van der Waals surface area contributed by atoms with Gasteiger partial charge in [-0.05, 0) is 60.7 Å². The number of benzene rings is 1. The van der Waals surface area contributed by atoms with Crippen LogP contribution in [0.3, 0.4) is 0 Å². The van der Waals surface area contributed by atoms with Crippen molar-refractivity contribution in [2.24, 2.45) is 5.73 Å². The van der Waals surface area contributed by atoms with Crippen LogP contribution in [0.5, 0.6) is 5.75 Å². The number of nitrogens with zero attached hydrogens (tertiary/aromatic N) is 1. The molecular weight excluding hydrogens is 438 g/mol. The van der Waals surface area contributed by atoms with Gasteiger partial charge in [0, 0.05) is 28.6 Å². The predicted molar refractivity (Wildman–Crippen MR) is 113 cm³/mol. The van der Waals surface area contributed by atoms with Crippen LogP contribution in [0.1, 0.15) is 39.0 Å². The van der Waals surface area contributed by atoms with E-state index < -0.39 is 5.91 Å². The van der Waals surface area contributed by atoms with Gasteiger partial charge in [-0.15, -0.1) is 11.8 Å². The minimum atomic E-state index is -0.554. The zero-order chi connectivity index (χ0) is 21.0. The van der Waals surface area contributed by atoms with Crippen LogP contribution in [0, 0.1) is 11.8 Å². The molecule has 7 nitrogen and oxygen atoms in total. The second kappa shape index (κ2) is 9.14. The third kappa shape index (κ3) is 4.62. The molecule has 0 unspecified atom stereocenters. The molecule has 2 aliphatic rings. The minimum absolute atomic E-state index is 0.0421. The fourth-order valence-corrected chi connectivity index (χ4v) is 3.90. The first kappa shape index (κ1) is 20.9. The van der Waals surface area contributed by atoms with E-state index in [-0.39, 0.29) is 18.4 Å². The van der Waals surface area contributed by atoms with Gasteiger partial charge in [0.05, 0.1) is 11.4 Å². The van der Waals surface area contributed by atoms with Crippen molar-refractivity contribution in [3.8, 4) is 17.6 Å². The Labute approximate surface area is 177 Å². The lowest BCUT2D eigenvalue weighted by Gasteiger charge is -2.30. The first-order valence-corrected chi connectivity index (χ1v) is 10.2. The van der Waals surface area contributed by atoms with Crippen molar-refractivity contribution < 1.29 is 19.1 Å². The summed E-state index contributed by atoms with van der Waals surface area (Å²) in [6.07, 6.45) is 3.23. The number of amides is 3. The smallest absolute Gasteiger partial charge is 0.265 e. The fraction of sp³-hybridized carbons (Fsp3) is 0.381. The molecule has 1 aromatic rings. The van der Waals surface area contributed by atoms with E-state index in [1.807, 2.05) is 0 Å². The van der Waals surface area contributed by atoms with Gasteiger partial charge in [0.25, 0.3) is 11.8 Å². The number of carbonyl (C=O) groups is 3. The van der Waals surface area contributed by atoms with Crippen LogP contribution in [0.2, 0.25) is 0 Å². The Hall–Kier alpha value is -2.79. The van der Waals surface area contributed by atoms with Gasteiger partial charge < -0.3 is 20.7 Å². The third-order valence-corrected chi connectivity index (χ3v) is 5.57. The molecule has 3 amide bonds. The zero-order valence-corrected chi connectivity index (χ0v) is 17.7. The number of fused-ring (bicyclic) bond motifs is 1. The molecule has 1 heterocycles. The lowest BCUT2D eigenvalue weighted by Crippen LogP contribution is -2.39. The first-order valence-electron chi connectivity index (χ1n) is 9.42. The van der Waals surface area contributed by atoms with E-state index in [9.17, 15) is 14.4 Å². The highest BCUT2D eigenvalue weighted by atomic mass is 79.9. The molecule has 0 saturated carbocycles. The van der Waals surface area contributed by atoms with Crippen molar-refractivity contribution in [2.45, 2.75) is 39.0 Å². The Morgan fingerprint density at radius 3 is 2.69 bits per heavy atom. The van der Waals surface area contributed by atoms with Crippen LogP contribution in [-0.2, 0) is 14.4 Å². The van der Waals surface area contributed by atoms with Gasteiger partial charge in [0.2, 0.25) is 5.91 Å². The van der Waals surface area contributed by atoms with Gasteiger partial charge in [-0.25, -0.2) is 0 Å². The van der Waals surface area contributed by atoms with E-state index in [1.54, 1.807) is 24.0 Å². The molecule has 152 valence electrons. The average Bonchev–Trinajstić information content (AvgIpc) is 2.70. The van der Waals surface area contributed by atoms with Crippen LogP contribution in [0.15, 0.2) is 27.8 Å². The van der Waals surface area contributed by atoms with Crippen molar-refractivity contribution in [2.75, 3.05) is 23.4 Å². The summed E-state index contributed by atoms with van der Waals surface area (Å²) in [6, 6.07) is 3.42. The second-order valence-electron chi connectivity index (χ2n) is 6.79. The van der Waals surface area contributed by atoms with Crippen LogP contribution in [0.4, 0.5) is 11.4 Å². The molecule has 29 heavy (non-hydrogen) atoms. The first-order chi connectivity index (χ1) is 13.9. The number of primary amides is 1. The molecule has 0 spiro atoms. The number of hydrogen-bond acceptors (Lipinski definition) is 4. The summed E-state index contributed by atoms with van der Waals surface area (Å²) < 4.78 is 6.15. The van der Waals surface area contributed by atoms with Crippen LogP contribution in [-0.4, -0.2) is 30.9 Å². The summed E-state index contributed by atoms with van der Waals surface area (Å²) in [5.41, 5.74) is 7.32. The van der Waals surface area contributed by atoms with Crippen LogP contribution < -0.4 is 20.7 Å². The van der Waals surface area contributed by atoms with Crippen molar-refractivity contribution in [3.63, 3.8) is 0 Å². The average molecular weight is 460 g/mol. The molecule has 1 aliphatic heterocycles. The molecule has 0 fully saturated rings. The van der Waals surface area contributed by atoms with E-state index in [4.69, 9.17) is 10.5 Å². The van der Waals surface area contributed by atoms with Crippen LogP contribution >= 0.6 is 15.9 Å². The van der Waals surface area contributed by atoms with Gasteiger partial charge in [0.15, 0.2) is 6.61 Å². The maximum absolute atomic E-state index is 12.8. The molecule has 3 rings (SSSR count). The molecule has 1 aliphatic carbocycles. The summed E-state index contributed by atoms with van der Waals surface area (Å²) in [7, 11) is 0. The summed E-state index contributed by atoms with van der Waals surface area (Å²) >= 11 is 3.44. The van der Waals surface area contributed by atoms with Gasteiger partial charge in [-0.1, -0.05) is 0 Å². The predicted octanol–water partition coefficient (Wildman–Crippen LogP) is 2.88. The van der Waals surface area contributed by atoms with Crippen molar-refractivity contribution in [1.82, 2.24) is 0 Å². The summed E-state index contributed by atoms with van der Waals surface area (Å²) in [4.78, 5) is 38.5. The lowest BCUT2D eigenvalue weighted by molar-refractivity contribution is -0.121. The van der Waals surface area contributed by atoms with Gasteiger partial charge in [0.1, 0.15) is 5.75 Å². The minimum Gasteiger partial charge on any atom is -0.482 e. The normalized spacial score (nSPS) is 15.8. The number of rotatable bonds is 5. The molecule has 0 radical (unpaired) electrons. The monoisotopic (exact) mass is 459 g/mol. The quantitative estimate of drug-likeness (QED) is 0.660. The van der Waals surface area contributed by atoms with Crippen LogP contribution in [0.25, 0.3) is 0 Å². The van der Waals surface area contributed by atoms with Gasteiger partial charge >= 0.3 is 0 Å². The highest BCUT2D eigenvalue weighted by molar-refractivity contribution is 9.10. The summed E-state index contributed by atoms with van der Waals surface area (Å²) in [5.74, 6) is 5.24. The number of carbonyl (C=O) groups excluding carboxylic acids is 3. The van der Waals surface area contributed by atoms with Crippen molar-refractivity contribution >= 4 is 45.0 Å². The van der Waals surface area contributed by atoms with Gasteiger partial charge in [-0.3, -0.25) is 14.4 Å². The number of nitrogens with one attached hydrogen (secondary N) is 1. The third-order valence-electron chi connectivity index (χ3n) is 4.92. The number of hydrogen-bond donors (Lipinski definition) is 2. The van der Waals surface area contributed by atoms with Crippen molar-refractivity contribution in [1.29, 1.82) is 0 Å². The maximum atomic E-state index is 12.8. The van der Waals surface area contributed by atoms with E-state index >= 15 is 0 Å². The molecule has 0 bridgehead atoms. The van der Waals surface area contributed by atoms with E-state index in [0.29, 0.717) is 58.6 Å². The zero-order valence-electron chi connectivity index (χ0n) is 16.1. The Balaban J connectivity index is 1.90. The second-order valence-corrected chi connectivity index (χ2v) is 7.65. The number of anilines is 2. The topological polar surface area (TPSA) is 102 Å². The Kier molecular flexibility index (Phi) is 6.60. The molecule has 0 saturated heterocycles. The number of nitrogens with two attached hydrogens (primary N) is 1. The molecule has 0 atom stereocenters. The summed E-state index contributed by atoms with van der Waals surface area (Å²) in [6.45, 7) is 2.14. The largest absolute Gasteiger partial charge is 0.482 e. The van der Waals surface area contributed by atoms with E-state index in [1.165, 1.54) is 0 Å². The van der Waals surface area contributed by atoms with Gasteiger partial charge in [-0.2, -0.15) is 0 Å². The maximum Gasteiger partial charge on any atom is 0.265 e. The molecular formula is C21H22BrN3O4. The van der Waals surface area contributed by atoms with E-state index in [0.717, 1.165) is 12.8 Å².